The molecule has 0 aliphatic carbocycles. The van der Waals surface area contributed by atoms with Gasteiger partial charge >= 0.3 is 0 Å². The van der Waals surface area contributed by atoms with Gasteiger partial charge in [-0.3, -0.25) is 4.79 Å². The van der Waals surface area contributed by atoms with Gasteiger partial charge in [0, 0.05) is 21.8 Å². The van der Waals surface area contributed by atoms with Crippen molar-refractivity contribution >= 4 is 40.4 Å². The van der Waals surface area contributed by atoms with Gasteiger partial charge in [0.2, 0.25) is 0 Å². The topological polar surface area (TPSA) is 55.1 Å². The molecule has 0 saturated carbocycles. The third-order valence-corrected chi connectivity index (χ3v) is 2.98. The molecule has 96 valence electrons. The fourth-order valence-corrected chi connectivity index (χ4v) is 1.88. The van der Waals surface area contributed by atoms with Gasteiger partial charge in [0.05, 0.1) is 0 Å². The van der Waals surface area contributed by atoms with Gasteiger partial charge in [0.25, 0.3) is 5.91 Å². The van der Waals surface area contributed by atoms with Gasteiger partial charge in [-0.05, 0) is 42.5 Å². The molecule has 0 aliphatic heterocycles. The first kappa shape index (κ1) is 13.5. The third-order valence-electron chi connectivity index (χ3n) is 2.51. The monoisotopic (exact) mass is 290 g/mol. The van der Waals surface area contributed by atoms with Crippen molar-refractivity contribution in [2.24, 2.45) is 5.73 Å². The van der Waals surface area contributed by atoms with E-state index in [1.165, 1.54) is 0 Å². The van der Waals surface area contributed by atoms with Gasteiger partial charge in [-0.15, -0.1) is 0 Å². The van der Waals surface area contributed by atoms with Crippen LogP contribution >= 0.6 is 23.8 Å². The summed E-state index contributed by atoms with van der Waals surface area (Å²) < 4.78 is 0. The first-order chi connectivity index (χ1) is 9.06. The molecule has 0 aliphatic rings. The van der Waals surface area contributed by atoms with E-state index in [2.05, 4.69) is 5.32 Å². The van der Waals surface area contributed by atoms with Crippen molar-refractivity contribution in [2.45, 2.75) is 0 Å². The molecule has 0 radical (unpaired) electrons. The van der Waals surface area contributed by atoms with Crippen LogP contribution in [0.4, 0.5) is 5.69 Å². The quantitative estimate of drug-likeness (QED) is 0.853. The van der Waals surface area contributed by atoms with Crippen LogP contribution in [-0.2, 0) is 0 Å². The Hall–Kier alpha value is -1.91. The van der Waals surface area contributed by atoms with E-state index in [1.807, 2.05) is 0 Å². The summed E-state index contributed by atoms with van der Waals surface area (Å²) >= 11 is 10.7. The lowest BCUT2D eigenvalue weighted by molar-refractivity contribution is 0.102. The molecule has 0 spiro atoms. The van der Waals surface area contributed by atoms with Gasteiger partial charge in [-0.2, -0.15) is 0 Å². The van der Waals surface area contributed by atoms with Crippen LogP contribution < -0.4 is 11.1 Å². The predicted octanol–water partition coefficient (Wildman–Crippen LogP) is 3.23. The van der Waals surface area contributed by atoms with Crippen LogP contribution in [0.2, 0.25) is 5.02 Å². The van der Waals surface area contributed by atoms with Crippen molar-refractivity contribution in [3.8, 4) is 0 Å². The summed E-state index contributed by atoms with van der Waals surface area (Å²) in [6.07, 6.45) is 0. The summed E-state index contributed by atoms with van der Waals surface area (Å²) in [4.78, 5) is 12.3. The molecule has 0 aromatic heterocycles. The number of anilines is 1. The lowest BCUT2D eigenvalue weighted by Gasteiger charge is -2.06. The zero-order chi connectivity index (χ0) is 13.8. The summed E-state index contributed by atoms with van der Waals surface area (Å²) in [7, 11) is 0. The smallest absolute Gasteiger partial charge is 0.255 e. The number of halogens is 1. The van der Waals surface area contributed by atoms with Crippen molar-refractivity contribution in [3.63, 3.8) is 0 Å². The molecule has 0 atom stereocenters. The number of nitrogens with one attached hydrogen (secondary N) is 1. The van der Waals surface area contributed by atoms with Gasteiger partial charge in [0.15, 0.2) is 0 Å². The van der Waals surface area contributed by atoms with E-state index in [-0.39, 0.29) is 5.91 Å². The van der Waals surface area contributed by atoms with E-state index < -0.39 is 0 Å². The number of hydrogen-bond donors (Lipinski definition) is 2. The molecular weight excluding hydrogens is 280 g/mol. The molecular formula is C14H11ClN2OS. The molecule has 0 heterocycles. The van der Waals surface area contributed by atoms with Crippen molar-refractivity contribution in [1.29, 1.82) is 0 Å². The lowest BCUT2D eigenvalue weighted by Crippen LogP contribution is -2.12. The van der Waals surface area contributed by atoms with Crippen LogP contribution in [-0.4, -0.2) is 10.9 Å². The number of benzene rings is 2. The second kappa shape index (κ2) is 5.82. The molecule has 0 fully saturated rings. The first-order valence-electron chi connectivity index (χ1n) is 5.53. The molecule has 2 aromatic rings. The van der Waals surface area contributed by atoms with Crippen LogP contribution in [0, 0.1) is 0 Å². The fraction of sp³-hybridized carbons (Fsp3) is 0. The molecule has 1 amide bonds. The highest BCUT2D eigenvalue weighted by molar-refractivity contribution is 7.80. The van der Waals surface area contributed by atoms with Gasteiger partial charge in [-0.25, -0.2) is 0 Å². The number of hydrogen-bond acceptors (Lipinski definition) is 2. The minimum atomic E-state index is -0.217. The summed E-state index contributed by atoms with van der Waals surface area (Å²) in [6, 6.07) is 13.8. The van der Waals surface area contributed by atoms with E-state index >= 15 is 0 Å². The van der Waals surface area contributed by atoms with Crippen molar-refractivity contribution in [1.82, 2.24) is 0 Å². The largest absolute Gasteiger partial charge is 0.389 e. The number of rotatable bonds is 3. The zero-order valence-corrected chi connectivity index (χ0v) is 11.5. The molecule has 0 saturated heterocycles. The standard InChI is InChI=1S/C14H11ClN2OS/c15-11-3-1-2-10(8-11)14(18)17-12-6-4-9(5-7-12)13(16)19/h1-8H,(H2,16,19)(H,17,18). The second-order valence-corrected chi connectivity index (χ2v) is 4.78. The van der Waals surface area contributed by atoms with Crippen molar-refractivity contribution in [2.75, 3.05) is 5.32 Å². The van der Waals surface area contributed by atoms with Crippen LogP contribution in [0.15, 0.2) is 48.5 Å². The third kappa shape index (κ3) is 3.53. The highest BCUT2D eigenvalue weighted by Gasteiger charge is 2.06. The number of nitrogens with two attached hydrogens (primary N) is 1. The minimum Gasteiger partial charge on any atom is -0.389 e. The second-order valence-electron chi connectivity index (χ2n) is 3.91. The van der Waals surface area contributed by atoms with Crippen LogP contribution in [0.5, 0.6) is 0 Å². The van der Waals surface area contributed by atoms with Crippen molar-refractivity contribution < 1.29 is 4.79 Å². The highest BCUT2D eigenvalue weighted by atomic mass is 35.5. The molecule has 2 rings (SSSR count). The summed E-state index contributed by atoms with van der Waals surface area (Å²) in [5, 5.41) is 3.29. The average Bonchev–Trinajstić information content (AvgIpc) is 2.39. The highest BCUT2D eigenvalue weighted by Crippen LogP contribution is 2.14. The molecule has 3 N–H and O–H groups in total. The van der Waals surface area contributed by atoms with Crippen LogP contribution in [0.25, 0.3) is 0 Å². The number of thiocarbonyl (C=S) groups is 1. The summed E-state index contributed by atoms with van der Waals surface area (Å²) in [5.74, 6) is -0.217. The van der Waals surface area contributed by atoms with Gasteiger partial charge in [-0.1, -0.05) is 29.9 Å². The number of carbonyl (C=O) groups excluding carboxylic acids is 1. The van der Waals surface area contributed by atoms with E-state index in [4.69, 9.17) is 29.6 Å². The van der Waals surface area contributed by atoms with E-state index in [9.17, 15) is 4.79 Å². The van der Waals surface area contributed by atoms with E-state index in [1.54, 1.807) is 48.5 Å². The SMILES string of the molecule is NC(=S)c1ccc(NC(=O)c2cccc(Cl)c2)cc1. The Labute approximate surface area is 121 Å². The minimum absolute atomic E-state index is 0.217. The Morgan fingerprint density at radius 1 is 1.11 bits per heavy atom. The average molecular weight is 291 g/mol. The summed E-state index contributed by atoms with van der Waals surface area (Å²) in [5.41, 5.74) is 7.44. The van der Waals surface area contributed by atoms with Crippen molar-refractivity contribution in [3.05, 3.63) is 64.7 Å². The Bertz CT molecular complexity index is 626. The normalized spacial score (nSPS) is 9.95. The Morgan fingerprint density at radius 2 is 1.79 bits per heavy atom. The Balaban J connectivity index is 2.13. The first-order valence-corrected chi connectivity index (χ1v) is 6.31. The maximum absolute atomic E-state index is 12.0. The summed E-state index contributed by atoms with van der Waals surface area (Å²) in [6.45, 7) is 0. The van der Waals surface area contributed by atoms with E-state index in [0.29, 0.717) is 21.3 Å². The maximum atomic E-state index is 12.0. The molecule has 3 nitrogen and oxygen atoms in total. The van der Waals surface area contributed by atoms with Crippen LogP contribution in [0.1, 0.15) is 15.9 Å². The maximum Gasteiger partial charge on any atom is 0.255 e. The molecule has 0 unspecified atom stereocenters. The molecule has 0 bridgehead atoms. The Kier molecular flexibility index (Phi) is 4.14. The fourth-order valence-electron chi connectivity index (χ4n) is 1.55. The number of carbonyl (C=O) groups is 1. The van der Waals surface area contributed by atoms with Gasteiger partial charge in [0.1, 0.15) is 4.99 Å². The van der Waals surface area contributed by atoms with Crippen LogP contribution in [0.3, 0.4) is 0 Å². The molecule has 19 heavy (non-hydrogen) atoms. The lowest BCUT2D eigenvalue weighted by atomic mass is 10.2. The zero-order valence-electron chi connectivity index (χ0n) is 9.89. The Morgan fingerprint density at radius 3 is 2.37 bits per heavy atom. The van der Waals surface area contributed by atoms with Gasteiger partial charge < -0.3 is 11.1 Å². The molecule has 2 aromatic carbocycles. The molecule has 5 heteroatoms. The predicted molar refractivity (Wildman–Crippen MR) is 81.7 cm³/mol. The van der Waals surface area contributed by atoms with E-state index in [0.717, 1.165) is 5.56 Å². The number of amides is 1.